The van der Waals surface area contributed by atoms with Gasteiger partial charge in [-0.25, -0.2) is 0 Å². The van der Waals surface area contributed by atoms with Crippen molar-refractivity contribution >= 4 is 0 Å². The molecule has 0 aliphatic carbocycles. The zero-order chi connectivity index (χ0) is 8.91. The second kappa shape index (κ2) is 4.52. The zero-order valence-electron chi connectivity index (χ0n) is 7.63. The number of rotatable bonds is 5. The van der Waals surface area contributed by atoms with E-state index in [-0.39, 0.29) is 0 Å². The maximum atomic E-state index is 9.51. The number of ether oxygens (including phenoxy) is 1. The van der Waals surface area contributed by atoms with Gasteiger partial charge in [-0.15, -0.1) is 6.58 Å². The molecule has 0 saturated heterocycles. The summed E-state index contributed by atoms with van der Waals surface area (Å²) in [6.45, 7) is 9.86. The van der Waals surface area contributed by atoms with Crippen molar-refractivity contribution in [2.24, 2.45) is 0 Å². The van der Waals surface area contributed by atoms with Gasteiger partial charge in [-0.1, -0.05) is 6.08 Å². The van der Waals surface area contributed by atoms with E-state index in [0.717, 1.165) is 0 Å². The lowest BCUT2D eigenvalue weighted by Gasteiger charge is -2.29. The first kappa shape index (κ1) is 10.7. The van der Waals surface area contributed by atoms with E-state index < -0.39 is 11.7 Å². The fourth-order valence-corrected chi connectivity index (χ4v) is 0.910. The van der Waals surface area contributed by atoms with Gasteiger partial charge in [0.15, 0.2) is 0 Å². The number of hydrogen-bond acceptors (Lipinski definition) is 2. The molecule has 0 saturated carbocycles. The molecule has 1 unspecified atom stereocenters. The molecule has 0 heterocycles. The van der Waals surface area contributed by atoms with Crippen LogP contribution in [0.4, 0.5) is 0 Å². The summed E-state index contributed by atoms with van der Waals surface area (Å²) in [5.41, 5.74) is -0.455. The van der Waals surface area contributed by atoms with E-state index in [0.29, 0.717) is 13.0 Å². The fraction of sp³-hybridized carbons (Fsp3) is 0.778. The smallest absolute Gasteiger partial charge is 0.0887 e. The summed E-state index contributed by atoms with van der Waals surface area (Å²) in [5, 5.41) is 9.51. The summed E-state index contributed by atoms with van der Waals surface area (Å²) >= 11 is 0. The molecule has 0 rings (SSSR count). The molecule has 0 spiro atoms. The summed E-state index contributed by atoms with van der Waals surface area (Å²) < 4.78 is 5.35. The van der Waals surface area contributed by atoms with E-state index in [9.17, 15) is 5.11 Å². The highest BCUT2D eigenvalue weighted by molar-refractivity contribution is 4.84. The van der Waals surface area contributed by atoms with Crippen molar-refractivity contribution in [1.29, 1.82) is 0 Å². The Bertz CT molecular complexity index is 119. The SMILES string of the molecule is C=CCC(O)C(C)(C)OCC. The minimum atomic E-state index is -0.458. The molecular weight excluding hydrogens is 140 g/mol. The van der Waals surface area contributed by atoms with Gasteiger partial charge in [0, 0.05) is 6.61 Å². The fourth-order valence-electron chi connectivity index (χ4n) is 0.910. The summed E-state index contributed by atoms with van der Waals surface area (Å²) in [5.74, 6) is 0. The Hall–Kier alpha value is -0.340. The lowest BCUT2D eigenvalue weighted by molar-refractivity contribution is -0.0945. The van der Waals surface area contributed by atoms with Crippen LogP contribution in [0.3, 0.4) is 0 Å². The number of aliphatic hydroxyl groups excluding tert-OH is 1. The Labute approximate surface area is 68.9 Å². The third-order valence-corrected chi connectivity index (χ3v) is 1.71. The van der Waals surface area contributed by atoms with E-state index in [2.05, 4.69) is 6.58 Å². The van der Waals surface area contributed by atoms with Crippen molar-refractivity contribution in [3.8, 4) is 0 Å². The molecule has 0 aliphatic heterocycles. The third-order valence-electron chi connectivity index (χ3n) is 1.71. The van der Waals surface area contributed by atoms with E-state index in [4.69, 9.17) is 4.74 Å². The normalized spacial score (nSPS) is 14.5. The molecule has 0 radical (unpaired) electrons. The summed E-state index contributed by atoms with van der Waals surface area (Å²) in [6.07, 6.45) is 1.82. The molecule has 1 atom stereocenters. The van der Waals surface area contributed by atoms with Crippen molar-refractivity contribution in [3.63, 3.8) is 0 Å². The Morgan fingerprint density at radius 1 is 1.64 bits per heavy atom. The lowest BCUT2D eigenvalue weighted by atomic mass is 9.99. The van der Waals surface area contributed by atoms with Crippen LogP contribution < -0.4 is 0 Å². The monoisotopic (exact) mass is 158 g/mol. The minimum absolute atomic E-state index is 0.455. The predicted molar refractivity (Wildman–Crippen MR) is 46.5 cm³/mol. The van der Waals surface area contributed by atoms with Crippen molar-refractivity contribution < 1.29 is 9.84 Å². The maximum Gasteiger partial charge on any atom is 0.0887 e. The number of aliphatic hydroxyl groups is 1. The summed E-state index contributed by atoms with van der Waals surface area (Å²) in [7, 11) is 0. The summed E-state index contributed by atoms with van der Waals surface area (Å²) in [6, 6.07) is 0. The molecule has 0 aliphatic rings. The number of hydrogen-bond donors (Lipinski definition) is 1. The first-order chi connectivity index (χ1) is 5.04. The van der Waals surface area contributed by atoms with Crippen molar-refractivity contribution in [1.82, 2.24) is 0 Å². The molecule has 0 aromatic carbocycles. The Balaban J connectivity index is 3.93. The molecule has 0 fully saturated rings. The van der Waals surface area contributed by atoms with Crippen LogP contribution in [0.5, 0.6) is 0 Å². The van der Waals surface area contributed by atoms with Gasteiger partial charge in [0.25, 0.3) is 0 Å². The van der Waals surface area contributed by atoms with Crippen LogP contribution in [0.1, 0.15) is 27.2 Å². The van der Waals surface area contributed by atoms with Gasteiger partial charge in [0.05, 0.1) is 11.7 Å². The van der Waals surface area contributed by atoms with E-state index in [1.165, 1.54) is 0 Å². The van der Waals surface area contributed by atoms with Crippen LogP contribution in [0.25, 0.3) is 0 Å². The highest BCUT2D eigenvalue weighted by Crippen LogP contribution is 2.17. The molecule has 0 amide bonds. The Kier molecular flexibility index (Phi) is 4.38. The predicted octanol–water partition coefficient (Wildman–Crippen LogP) is 1.74. The quantitative estimate of drug-likeness (QED) is 0.617. The standard InChI is InChI=1S/C9H18O2/c1-5-7-8(10)9(3,4)11-6-2/h5,8,10H,1,6-7H2,2-4H3. The second-order valence-electron chi connectivity index (χ2n) is 3.08. The summed E-state index contributed by atoms with van der Waals surface area (Å²) in [4.78, 5) is 0. The topological polar surface area (TPSA) is 29.5 Å². The average molecular weight is 158 g/mol. The van der Waals surface area contributed by atoms with E-state index >= 15 is 0 Å². The van der Waals surface area contributed by atoms with Crippen molar-refractivity contribution in [3.05, 3.63) is 12.7 Å². The van der Waals surface area contributed by atoms with E-state index in [1.54, 1.807) is 6.08 Å². The molecule has 11 heavy (non-hydrogen) atoms. The van der Waals surface area contributed by atoms with Gasteiger partial charge >= 0.3 is 0 Å². The van der Waals surface area contributed by atoms with Crippen LogP contribution in [0.15, 0.2) is 12.7 Å². The Morgan fingerprint density at radius 2 is 2.18 bits per heavy atom. The van der Waals surface area contributed by atoms with Gasteiger partial charge in [-0.3, -0.25) is 0 Å². The molecule has 0 bridgehead atoms. The van der Waals surface area contributed by atoms with Crippen LogP contribution in [-0.2, 0) is 4.74 Å². The molecule has 1 N–H and O–H groups in total. The highest BCUT2D eigenvalue weighted by atomic mass is 16.5. The van der Waals surface area contributed by atoms with Crippen LogP contribution in [-0.4, -0.2) is 23.4 Å². The van der Waals surface area contributed by atoms with Gasteiger partial charge in [-0.05, 0) is 27.2 Å². The first-order valence-corrected chi connectivity index (χ1v) is 3.97. The molecule has 0 aromatic rings. The van der Waals surface area contributed by atoms with Crippen LogP contribution >= 0.6 is 0 Å². The molecule has 2 nitrogen and oxygen atoms in total. The van der Waals surface area contributed by atoms with Crippen molar-refractivity contribution in [2.75, 3.05) is 6.61 Å². The van der Waals surface area contributed by atoms with E-state index in [1.807, 2.05) is 20.8 Å². The lowest BCUT2D eigenvalue weighted by Crippen LogP contribution is -2.38. The second-order valence-corrected chi connectivity index (χ2v) is 3.08. The molecular formula is C9H18O2. The third kappa shape index (κ3) is 3.54. The maximum absolute atomic E-state index is 9.51. The zero-order valence-corrected chi connectivity index (χ0v) is 7.63. The van der Waals surface area contributed by atoms with Gasteiger partial charge < -0.3 is 9.84 Å². The van der Waals surface area contributed by atoms with Gasteiger partial charge in [0.2, 0.25) is 0 Å². The molecule has 2 heteroatoms. The van der Waals surface area contributed by atoms with Gasteiger partial charge in [0.1, 0.15) is 0 Å². The molecule has 0 aromatic heterocycles. The highest BCUT2D eigenvalue weighted by Gasteiger charge is 2.26. The van der Waals surface area contributed by atoms with Gasteiger partial charge in [-0.2, -0.15) is 0 Å². The van der Waals surface area contributed by atoms with Crippen LogP contribution in [0.2, 0.25) is 0 Å². The van der Waals surface area contributed by atoms with Crippen LogP contribution in [0, 0.1) is 0 Å². The average Bonchev–Trinajstić information content (AvgIpc) is 1.88. The Morgan fingerprint density at radius 3 is 2.55 bits per heavy atom. The van der Waals surface area contributed by atoms with Crippen molar-refractivity contribution in [2.45, 2.75) is 38.9 Å². The molecule has 66 valence electrons. The largest absolute Gasteiger partial charge is 0.390 e. The minimum Gasteiger partial charge on any atom is -0.390 e. The first-order valence-electron chi connectivity index (χ1n) is 3.97.